The lowest BCUT2D eigenvalue weighted by molar-refractivity contribution is 0.0254. The molecule has 0 amide bonds. The molecule has 0 radical (unpaired) electrons. The Kier molecular flexibility index (Phi) is 5.85. The van der Waals surface area contributed by atoms with Gasteiger partial charge in [0.15, 0.2) is 0 Å². The fraction of sp³-hybridized carbons (Fsp3) is 0.625. The van der Waals surface area contributed by atoms with E-state index in [0.717, 1.165) is 5.56 Å². The van der Waals surface area contributed by atoms with Crippen LogP contribution in [0, 0.1) is 0 Å². The van der Waals surface area contributed by atoms with E-state index in [2.05, 4.69) is 12.2 Å². The molecular weight excluding hydrogens is 274 g/mol. The van der Waals surface area contributed by atoms with Crippen LogP contribution in [0.25, 0.3) is 0 Å². The Morgan fingerprint density at radius 2 is 2.05 bits per heavy atom. The Labute approximate surface area is 126 Å². The molecule has 1 unspecified atom stereocenters. The van der Waals surface area contributed by atoms with Crippen molar-refractivity contribution < 1.29 is 9.84 Å². The third kappa shape index (κ3) is 4.74. The van der Waals surface area contributed by atoms with Crippen LogP contribution in [0.15, 0.2) is 24.3 Å². The molecule has 20 heavy (non-hydrogen) atoms. The van der Waals surface area contributed by atoms with Gasteiger partial charge in [0.05, 0.1) is 19.3 Å². The smallest absolute Gasteiger partial charge is 0.0898 e. The van der Waals surface area contributed by atoms with Crippen molar-refractivity contribution in [3.63, 3.8) is 0 Å². The van der Waals surface area contributed by atoms with Gasteiger partial charge in [0.2, 0.25) is 0 Å². The lowest BCUT2D eigenvalue weighted by atomic mass is 10.0. The van der Waals surface area contributed by atoms with Crippen LogP contribution in [0.4, 0.5) is 0 Å². The number of aliphatic hydroxyl groups excluding tert-OH is 1. The van der Waals surface area contributed by atoms with Gasteiger partial charge in [-0.3, -0.25) is 0 Å². The first-order valence-corrected chi connectivity index (χ1v) is 7.71. The van der Waals surface area contributed by atoms with Crippen LogP contribution in [-0.2, 0) is 11.3 Å². The molecule has 1 aliphatic carbocycles. The summed E-state index contributed by atoms with van der Waals surface area (Å²) in [7, 11) is 0. The molecule has 1 aromatic rings. The topological polar surface area (TPSA) is 41.5 Å². The maximum absolute atomic E-state index is 9.95. The van der Waals surface area contributed by atoms with E-state index < -0.39 is 6.10 Å². The molecule has 3 nitrogen and oxygen atoms in total. The van der Waals surface area contributed by atoms with Crippen LogP contribution in [-0.4, -0.2) is 29.9 Å². The van der Waals surface area contributed by atoms with Crippen LogP contribution in [0.3, 0.4) is 0 Å². The second-order valence-corrected chi connectivity index (χ2v) is 6.32. The zero-order valence-electron chi connectivity index (χ0n) is 12.1. The summed E-state index contributed by atoms with van der Waals surface area (Å²) in [5.41, 5.74) is 1.15. The zero-order valence-corrected chi connectivity index (χ0v) is 12.8. The molecule has 112 valence electrons. The van der Waals surface area contributed by atoms with Crippen molar-refractivity contribution in [2.45, 2.75) is 50.9 Å². The van der Waals surface area contributed by atoms with Gasteiger partial charge in [-0.15, -0.1) is 0 Å². The summed E-state index contributed by atoms with van der Waals surface area (Å²) in [5, 5.41) is 14.1. The molecule has 0 aromatic heterocycles. The lowest BCUT2D eigenvalue weighted by Gasteiger charge is -2.27. The SMILES string of the molecule is CC1(NCC(O)COCc2ccccc2Cl)CCCC1. The maximum atomic E-state index is 9.95. The van der Waals surface area contributed by atoms with Crippen molar-refractivity contribution in [1.82, 2.24) is 5.32 Å². The Morgan fingerprint density at radius 3 is 2.75 bits per heavy atom. The fourth-order valence-electron chi connectivity index (χ4n) is 2.68. The van der Waals surface area contributed by atoms with Crippen molar-refractivity contribution >= 4 is 11.6 Å². The number of aliphatic hydroxyl groups is 1. The number of hydrogen-bond acceptors (Lipinski definition) is 3. The van der Waals surface area contributed by atoms with E-state index in [1.165, 1.54) is 25.7 Å². The standard InChI is InChI=1S/C16H24ClNO2/c1-16(8-4-5-9-16)18-10-14(19)12-20-11-13-6-2-3-7-15(13)17/h2-3,6-7,14,18-19H,4-5,8-12H2,1H3. The van der Waals surface area contributed by atoms with Gasteiger partial charge >= 0.3 is 0 Å². The zero-order chi connectivity index (χ0) is 14.4. The maximum Gasteiger partial charge on any atom is 0.0898 e. The van der Waals surface area contributed by atoms with Gasteiger partial charge in [-0.1, -0.05) is 42.6 Å². The third-order valence-electron chi connectivity index (χ3n) is 4.00. The summed E-state index contributed by atoms with van der Waals surface area (Å²) in [6, 6.07) is 7.61. The third-order valence-corrected chi connectivity index (χ3v) is 4.37. The first-order chi connectivity index (χ1) is 9.59. The van der Waals surface area contributed by atoms with E-state index in [9.17, 15) is 5.11 Å². The number of β-amino-alcohol motifs (C(OH)–C–C–N with tert-alkyl or cyclic N) is 1. The first kappa shape index (κ1) is 15.8. The van der Waals surface area contributed by atoms with Crippen molar-refractivity contribution in [3.05, 3.63) is 34.9 Å². The first-order valence-electron chi connectivity index (χ1n) is 7.33. The van der Waals surface area contributed by atoms with Gasteiger partial charge in [0.1, 0.15) is 0 Å². The van der Waals surface area contributed by atoms with Gasteiger partial charge in [0, 0.05) is 17.1 Å². The summed E-state index contributed by atoms with van der Waals surface area (Å²) in [6.07, 6.45) is 4.47. The van der Waals surface area contributed by atoms with Crippen molar-refractivity contribution in [3.8, 4) is 0 Å². The normalized spacial score (nSPS) is 19.1. The number of ether oxygens (including phenoxy) is 1. The largest absolute Gasteiger partial charge is 0.389 e. The van der Waals surface area contributed by atoms with Crippen molar-refractivity contribution in [1.29, 1.82) is 0 Å². The molecule has 0 spiro atoms. The number of benzene rings is 1. The van der Waals surface area contributed by atoms with Crippen LogP contribution in [0.5, 0.6) is 0 Å². The average molecular weight is 298 g/mol. The van der Waals surface area contributed by atoms with Crippen molar-refractivity contribution in [2.75, 3.05) is 13.2 Å². The summed E-state index contributed by atoms with van der Waals surface area (Å²) >= 11 is 6.05. The minimum Gasteiger partial charge on any atom is -0.389 e. The minimum absolute atomic E-state index is 0.198. The number of nitrogens with one attached hydrogen (secondary N) is 1. The van der Waals surface area contributed by atoms with Crippen LogP contribution >= 0.6 is 11.6 Å². The predicted octanol–water partition coefficient (Wildman–Crippen LogP) is 3.14. The van der Waals surface area contributed by atoms with Gasteiger partial charge in [-0.05, 0) is 31.4 Å². The van der Waals surface area contributed by atoms with Crippen LogP contribution in [0.2, 0.25) is 5.02 Å². The van der Waals surface area contributed by atoms with Gasteiger partial charge < -0.3 is 15.2 Å². The Balaban J connectivity index is 1.65. The molecule has 4 heteroatoms. The highest BCUT2D eigenvalue weighted by atomic mass is 35.5. The highest BCUT2D eigenvalue weighted by Gasteiger charge is 2.28. The highest BCUT2D eigenvalue weighted by molar-refractivity contribution is 6.31. The Hall–Kier alpha value is -0.610. The quantitative estimate of drug-likeness (QED) is 0.812. The second kappa shape index (κ2) is 7.41. The van der Waals surface area contributed by atoms with E-state index in [1.54, 1.807) is 0 Å². The molecule has 0 saturated heterocycles. The average Bonchev–Trinajstić information content (AvgIpc) is 2.86. The molecule has 1 atom stereocenters. The van der Waals surface area contributed by atoms with E-state index in [0.29, 0.717) is 24.8 Å². The van der Waals surface area contributed by atoms with Gasteiger partial charge in [0.25, 0.3) is 0 Å². The van der Waals surface area contributed by atoms with E-state index in [1.807, 2.05) is 24.3 Å². The molecule has 1 aromatic carbocycles. The molecule has 1 fully saturated rings. The van der Waals surface area contributed by atoms with E-state index >= 15 is 0 Å². The van der Waals surface area contributed by atoms with Gasteiger partial charge in [-0.25, -0.2) is 0 Å². The summed E-state index contributed by atoms with van der Waals surface area (Å²) in [5.74, 6) is 0. The molecule has 0 bridgehead atoms. The predicted molar refractivity (Wildman–Crippen MR) is 82.0 cm³/mol. The van der Waals surface area contributed by atoms with E-state index in [4.69, 9.17) is 16.3 Å². The minimum atomic E-state index is -0.477. The number of hydrogen-bond donors (Lipinski definition) is 2. The molecule has 0 heterocycles. The van der Waals surface area contributed by atoms with Crippen LogP contribution < -0.4 is 5.32 Å². The number of rotatable bonds is 7. The highest BCUT2D eigenvalue weighted by Crippen LogP contribution is 2.28. The Morgan fingerprint density at radius 1 is 1.35 bits per heavy atom. The molecule has 0 aliphatic heterocycles. The fourth-order valence-corrected chi connectivity index (χ4v) is 2.87. The lowest BCUT2D eigenvalue weighted by Crippen LogP contribution is -2.44. The summed E-state index contributed by atoms with van der Waals surface area (Å²) < 4.78 is 5.54. The van der Waals surface area contributed by atoms with Gasteiger partial charge in [-0.2, -0.15) is 0 Å². The Bertz CT molecular complexity index is 419. The molecule has 1 aliphatic rings. The molecule has 2 rings (SSSR count). The molecule has 2 N–H and O–H groups in total. The number of halogens is 1. The molecule has 1 saturated carbocycles. The van der Waals surface area contributed by atoms with Crippen molar-refractivity contribution in [2.24, 2.45) is 0 Å². The second-order valence-electron chi connectivity index (χ2n) is 5.91. The monoisotopic (exact) mass is 297 g/mol. The summed E-state index contributed by atoms with van der Waals surface area (Å²) in [6.45, 7) is 3.58. The molecular formula is C16H24ClNO2. The van der Waals surface area contributed by atoms with Crippen LogP contribution in [0.1, 0.15) is 38.2 Å². The summed E-state index contributed by atoms with van der Waals surface area (Å²) in [4.78, 5) is 0. The van der Waals surface area contributed by atoms with E-state index in [-0.39, 0.29) is 5.54 Å².